The van der Waals surface area contributed by atoms with Gasteiger partial charge in [0.1, 0.15) is 5.54 Å². The molecule has 3 heterocycles. The minimum absolute atomic E-state index is 0.0162. The van der Waals surface area contributed by atoms with Crippen molar-refractivity contribution in [1.29, 1.82) is 0 Å². The third-order valence-corrected chi connectivity index (χ3v) is 7.67. The zero-order chi connectivity index (χ0) is 25.0. The smallest absolute Gasteiger partial charge is 0.322 e. The number of imide groups is 1. The molecule has 2 aliphatic rings. The molecule has 1 spiro atoms. The van der Waals surface area contributed by atoms with E-state index in [1.807, 2.05) is 24.3 Å². The Morgan fingerprint density at radius 3 is 2.37 bits per heavy atom. The second-order valence-corrected chi connectivity index (χ2v) is 10.3. The molecule has 0 bridgehead atoms. The Morgan fingerprint density at radius 2 is 1.71 bits per heavy atom. The van der Waals surface area contributed by atoms with Crippen molar-refractivity contribution < 1.29 is 31.2 Å². The first-order valence-electron chi connectivity index (χ1n) is 10.5. The molecule has 1 aliphatic carbocycles. The molecule has 2 aromatic heterocycles. The highest BCUT2D eigenvalue weighted by Crippen LogP contribution is 2.50. The molecule has 3 aromatic rings. The average molecular weight is 502 g/mol. The fourth-order valence-electron chi connectivity index (χ4n) is 4.27. The number of benzene rings is 1. The van der Waals surface area contributed by atoms with Gasteiger partial charge in [0.05, 0.1) is 22.0 Å². The predicted octanol–water partition coefficient (Wildman–Crippen LogP) is 3.49. The van der Waals surface area contributed by atoms with Crippen LogP contribution in [0.25, 0.3) is 11.4 Å². The molecule has 12 heteroatoms. The molecule has 1 N–H and O–H groups in total. The van der Waals surface area contributed by atoms with E-state index in [2.05, 4.69) is 15.3 Å². The van der Waals surface area contributed by atoms with E-state index >= 15 is 0 Å². The van der Waals surface area contributed by atoms with Crippen LogP contribution in [0, 0.1) is 5.92 Å². The van der Waals surface area contributed by atoms with E-state index in [0.717, 1.165) is 34.7 Å². The molecule has 2 fully saturated rings. The topological polar surface area (TPSA) is 109 Å². The number of hydrogen-bond donors (Lipinski definition) is 1. The average Bonchev–Trinajstić information content (AvgIpc) is 3.44. The van der Waals surface area contributed by atoms with Crippen LogP contribution in [0.3, 0.4) is 0 Å². The number of urea groups is 1. The Labute approximate surface area is 197 Å². The van der Waals surface area contributed by atoms with E-state index in [9.17, 15) is 31.2 Å². The van der Waals surface area contributed by atoms with Gasteiger partial charge in [-0.3, -0.25) is 14.8 Å². The number of sulfone groups is 1. The van der Waals surface area contributed by atoms with Crippen LogP contribution in [0.2, 0.25) is 0 Å². The highest BCUT2D eigenvalue weighted by Gasteiger charge is 2.67. The number of pyridine rings is 2. The van der Waals surface area contributed by atoms with Gasteiger partial charge in [-0.25, -0.2) is 18.1 Å². The van der Waals surface area contributed by atoms with Crippen molar-refractivity contribution in [2.45, 2.75) is 28.8 Å². The number of amides is 3. The first kappa shape index (κ1) is 23.0. The second-order valence-electron chi connectivity index (χ2n) is 8.35. The number of halogens is 3. The molecule has 1 aliphatic heterocycles. The van der Waals surface area contributed by atoms with E-state index in [0.29, 0.717) is 24.2 Å². The lowest BCUT2D eigenvalue weighted by Gasteiger charge is -2.14. The van der Waals surface area contributed by atoms with Crippen LogP contribution in [-0.4, -0.2) is 41.4 Å². The van der Waals surface area contributed by atoms with Gasteiger partial charge in [-0.2, -0.15) is 13.2 Å². The van der Waals surface area contributed by atoms with Crippen molar-refractivity contribution >= 4 is 27.5 Å². The molecule has 1 saturated carbocycles. The van der Waals surface area contributed by atoms with E-state index in [-0.39, 0.29) is 11.6 Å². The highest BCUT2D eigenvalue weighted by molar-refractivity contribution is 7.92. The van der Waals surface area contributed by atoms with E-state index in [1.54, 1.807) is 18.5 Å². The summed E-state index contributed by atoms with van der Waals surface area (Å²) in [6.45, 7) is 0. The van der Waals surface area contributed by atoms with Crippen molar-refractivity contribution in [2.24, 2.45) is 5.92 Å². The number of hydrogen-bond acceptors (Lipinski definition) is 6. The lowest BCUT2D eigenvalue weighted by molar-refractivity contribution is -0.119. The first-order valence-corrected chi connectivity index (χ1v) is 12.0. The maximum absolute atomic E-state index is 13.2. The summed E-state index contributed by atoms with van der Waals surface area (Å²) < 4.78 is 61.5. The Hall–Kier alpha value is -3.80. The molecule has 2 unspecified atom stereocenters. The number of anilines is 1. The highest BCUT2D eigenvalue weighted by atomic mass is 32.2. The van der Waals surface area contributed by atoms with Gasteiger partial charge in [-0.1, -0.05) is 6.07 Å². The molecule has 1 aromatic carbocycles. The largest absolute Gasteiger partial charge is 0.501 e. The molecule has 5 rings (SSSR count). The van der Waals surface area contributed by atoms with Crippen molar-refractivity contribution in [3.63, 3.8) is 0 Å². The van der Waals surface area contributed by atoms with Gasteiger partial charge in [0.15, 0.2) is 0 Å². The summed E-state index contributed by atoms with van der Waals surface area (Å²) in [7, 11) is -5.53. The van der Waals surface area contributed by atoms with Gasteiger partial charge in [-0.05, 0) is 72.9 Å². The van der Waals surface area contributed by atoms with Crippen molar-refractivity contribution in [2.75, 3.05) is 4.90 Å². The molecule has 2 atom stereocenters. The molecular formula is C23H17F3N4O4S. The quantitative estimate of drug-likeness (QED) is 0.535. The number of nitrogens with zero attached hydrogens (tertiary/aromatic N) is 3. The first-order chi connectivity index (χ1) is 16.5. The summed E-state index contributed by atoms with van der Waals surface area (Å²) in [6.07, 6.45) is 4.19. The van der Waals surface area contributed by atoms with Crippen LogP contribution in [0.15, 0.2) is 71.9 Å². The fourth-order valence-corrected chi connectivity index (χ4v) is 5.03. The summed E-state index contributed by atoms with van der Waals surface area (Å²) in [6, 6.07) is 11.9. The van der Waals surface area contributed by atoms with Crippen molar-refractivity contribution in [3.8, 4) is 11.4 Å². The zero-order valence-corrected chi connectivity index (χ0v) is 18.7. The lowest BCUT2D eigenvalue weighted by atomic mass is 10.0. The number of aromatic nitrogens is 2. The van der Waals surface area contributed by atoms with Gasteiger partial charge in [-0.15, -0.1) is 0 Å². The normalized spacial score (nSPS) is 21.9. The van der Waals surface area contributed by atoms with Crippen molar-refractivity contribution in [1.82, 2.24) is 15.3 Å². The third kappa shape index (κ3) is 3.83. The lowest BCUT2D eigenvalue weighted by Crippen LogP contribution is -2.35. The summed E-state index contributed by atoms with van der Waals surface area (Å²) in [5.74, 6) is -0.717. The van der Waals surface area contributed by atoms with Gasteiger partial charge in [0.2, 0.25) is 0 Å². The summed E-state index contributed by atoms with van der Waals surface area (Å²) >= 11 is 0. The van der Waals surface area contributed by atoms with Crippen LogP contribution in [0.4, 0.5) is 23.7 Å². The Bertz CT molecular complexity index is 1430. The van der Waals surface area contributed by atoms with Gasteiger partial charge >= 0.3 is 11.5 Å². The minimum Gasteiger partial charge on any atom is -0.322 e. The van der Waals surface area contributed by atoms with Gasteiger partial charge in [0, 0.05) is 12.4 Å². The fraction of sp³-hybridized carbons (Fsp3) is 0.217. The second kappa shape index (κ2) is 7.87. The molecule has 0 radical (unpaired) electrons. The molecule has 1 saturated heterocycles. The summed E-state index contributed by atoms with van der Waals surface area (Å²) in [5, 5.41) is 2.70. The molecular weight excluding hydrogens is 485 g/mol. The monoisotopic (exact) mass is 502 g/mol. The zero-order valence-electron chi connectivity index (χ0n) is 17.9. The number of rotatable bonds is 5. The predicted molar refractivity (Wildman–Crippen MR) is 118 cm³/mol. The van der Waals surface area contributed by atoms with Crippen LogP contribution in [-0.2, 0) is 21.1 Å². The number of nitrogens with one attached hydrogen (secondary N) is 1. The van der Waals surface area contributed by atoms with Crippen LogP contribution in [0.1, 0.15) is 12.0 Å². The standard InChI is InChI=1S/C23H17F3N4O4S/c24-23(25,26)35(33,34)17-6-4-16(5-7-17)30-20(31)22(29-21(30)32)13-15(22)11-14-8-10-28-19(12-14)18-3-1-2-9-27-18/h1-10,12,15H,11,13H2,(H,29,32). The number of alkyl halides is 3. The maximum atomic E-state index is 13.2. The van der Waals surface area contributed by atoms with E-state index < -0.39 is 37.7 Å². The Morgan fingerprint density at radius 1 is 1.00 bits per heavy atom. The van der Waals surface area contributed by atoms with E-state index in [1.165, 1.54) is 0 Å². The Balaban J connectivity index is 1.33. The third-order valence-electron chi connectivity index (χ3n) is 6.17. The molecule has 35 heavy (non-hydrogen) atoms. The van der Waals surface area contributed by atoms with Crippen molar-refractivity contribution in [3.05, 3.63) is 72.6 Å². The minimum atomic E-state index is -5.53. The molecule has 3 amide bonds. The number of carbonyl (C=O) groups is 2. The summed E-state index contributed by atoms with van der Waals surface area (Å²) in [4.78, 5) is 34.2. The molecule has 180 valence electrons. The number of carbonyl (C=O) groups excluding carboxylic acids is 2. The van der Waals surface area contributed by atoms with Crippen LogP contribution >= 0.6 is 0 Å². The SMILES string of the molecule is O=C1NC2(CC2Cc2ccnc(-c3ccccn3)c2)C(=O)N1c1ccc(S(=O)(=O)C(F)(F)F)cc1. The van der Waals surface area contributed by atoms with E-state index in [4.69, 9.17) is 0 Å². The summed E-state index contributed by atoms with van der Waals surface area (Å²) in [5.41, 5.74) is -4.30. The van der Waals surface area contributed by atoms with Gasteiger partial charge < -0.3 is 5.32 Å². The molecule has 8 nitrogen and oxygen atoms in total. The van der Waals surface area contributed by atoms with Crippen LogP contribution < -0.4 is 10.2 Å². The Kier molecular flexibility index (Phi) is 5.16. The van der Waals surface area contributed by atoms with Crippen LogP contribution in [0.5, 0.6) is 0 Å². The van der Waals surface area contributed by atoms with Gasteiger partial charge in [0.25, 0.3) is 15.7 Å². The maximum Gasteiger partial charge on any atom is 0.501 e.